The van der Waals surface area contributed by atoms with Gasteiger partial charge in [-0.3, -0.25) is 4.79 Å². The molecule has 3 aliphatic carbocycles. The zero-order valence-electron chi connectivity index (χ0n) is 12.6. The van der Waals surface area contributed by atoms with Crippen LogP contribution in [-0.2, 0) is 9.53 Å². The zero-order valence-corrected chi connectivity index (χ0v) is 12.6. The van der Waals surface area contributed by atoms with Crippen molar-refractivity contribution in [2.45, 2.75) is 84.0 Å². The minimum absolute atomic E-state index is 0.0403. The Kier molecular flexibility index (Phi) is 5.72. The molecule has 3 fully saturated rings. The molecule has 0 aliphatic heterocycles. The van der Waals surface area contributed by atoms with Crippen LogP contribution in [0, 0.1) is 11.3 Å². The minimum atomic E-state index is 0.0403. The van der Waals surface area contributed by atoms with E-state index in [1.807, 2.05) is 0 Å². The molecule has 2 heteroatoms. The number of fused-ring (bicyclic) bond motifs is 3. The number of unbranched alkanes of at least 4 members (excludes halogenated alkanes) is 4. The highest BCUT2D eigenvalue weighted by molar-refractivity contribution is 5.69. The fraction of sp³-hybridized carbons (Fsp3) is 0.941. The van der Waals surface area contributed by atoms with E-state index >= 15 is 0 Å². The fourth-order valence-corrected chi connectivity index (χ4v) is 3.73. The van der Waals surface area contributed by atoms with Gasteiger partial charge in [0.05, 0.1) is 6.61 Å². The van der Waals surface area contributed by atoms with Gasteiger partial charge in [0.15, 0.2) is 0 Å². The molecule has 0 aromatic rings. The highest BCUT2D eigenvalue weighted by Gasteiger charge is 2.41. The van der Waals surface area contributed by atoms with Crippen LogP contribution in [0.2, 0.25) is 0 Å². The molecular weight excluding hydrogens is 236 g/mol. The summed E-state index contributed by atoms with van der Waals surface area (Å²) in [6.45, 7) is 2.92. The summed E-state index contributed by atoms with van der Waals surface area (Å²) in [5, 5.41) is 0. The number of hydrogen-bond donors (Lipinski definition) is 0. The van der Waals surface area contributed by atoms with Crippen molar-refractivity contribution in [3.63, 3.8) is 0 Å². The molecule has 3 saturated carbocycles. The molecule has 2 bridgehead atoms. The number of esters is 1. The van der Waals surface area contributed by atoms with Crippen LogP contribution in [0.25, 0.3) is 0 Å². The van der Waals surface area contributed by atoms with Crippen molar-refractivity contribution in [3.8, 4) is 0 Å². The molecule has 110 valence electrons. The smallest absolute Gasteiger partial charge is 0.305 e. The van der Waals surface area contributed by atoms with Crippen molar-refractivity contribution in [1.82, 2.24) is 0 Å². The van der Waals surface area contributed by atoms with E-state index in [1.165, 1.54) is 64.2 Å². The van der Waals surface area contributed by atoms with Crippen molar-refractivity contribution < 1.29 is 9.53 Å². The molecule has 0 N–H and O–H groups in total. The average molecular weight is 266 g/mol. The molecule has 0 saturated heterocycles. The van der Waals surface area contributed by atoms with Crippen LogP contribution >= 0.6 is 0 Å². The molecule has 19 heavy (non-hydrogen) atoms. The third kappa shape index (κ3) is 4.50. The Morgan fingerprint density at radius 3 is 2.32 bits per heavy atom. The Morgan fingerprint density at radius 1 is 1.05 bits per heavy atom. The highest BCUT2D eigenvalue weighted by Crippen LogP contribution is 2.50. The van der Waals surface area contributed by atoms with Crippen LogP contribution in [0.15, 0.2) is 0 Å². The summed E-state index contributed by atoms with van der Waals surface area (Å²) in [5.41, 5.74) is 0.368. The monoisotopic (exact) mass is 266 g/mol. The van der Waals surface area contributed by atoms with E-state index in [0.717, 1.165) is 12.3 Å². The van der Waals surface area contributed by atoms with Crippen LogP contribution in [-0.4, -0.2) is 12.6 Å². The second kappa shape index (κ2) is 7.31. The van der Waals surface area contributed by atoms with Gasteiger partial charge in [0.1, 0.15) is 0 Å². The van der Waals surface area contributed by atoms with Gasteiger partial charge in [0, 0.05) is 11.8 Å². The lowest BCUT2D eigenvalue weighted by atomic mass is 9.61. The molecule has 0 aromatic heterocycles. The van der Waals surface area contributed by atoms with Crippen molar-refractivity contribution in [2.75, 3.05) is 6.61 Å². The minimum Gasteiger partial charge on any atom is -0.465 e. The maximum Gasteiger partial charge on any atom is 0.305 e. The summed E-state index contributed by atoms with van der Waals surface area (Å²) in [4.78, 5) is 11.8. The van der Waals surface area contributed by atoms with Gasteiger partial charge in [0.2, 0.25) is 0 Å². The Balaban J connectivity index is 1.58. The van der Waals surface area contributed by atoms with Gasteiger partial charge in [-0.2, -0.15) is 0 Å². The van der Waals surface area contributed by atoms with Gasteiger partial charge in [-0.25, -0.2) is 0 Å². The number of ether oxygens (including phenoxy) is 1. The van der Waals surface area contributed by atoms with Crippen LogP contribution in [0.1, 0.15) is 84.0 Å². The Bertz CT molecular complexity index is 263. The Labute approximate surface area is 118 Å². The number of carbonyl (C=O) groups is 1. The van der Waals surface area contributed by atoms with Crippen molar-refractivity contribution >= 4 is 5.97 Å². The Hall–Kier alpha value is -0.530. The summed E-state index contributed by atoms with van der Waals surface area (Å²) >= 11 is 0. The van der Waals surface area contributed by atoms with E-state index in [-0.39, 0.29) is 5.97 Å². The van der Waals surface area contributed by atoms with Gasteiger partial charge >= 0.3 is 5.97 Å². The zero-order chi connectivity index (χ0) is 13.6. The van der Waals surface area contributed by atoms with Crippen LogP contribution in [0.4, 0.5) is 0 Å². The molecule has 3 rings (SSSR count). The van der Waals surface area contributed by atoms with E-state index in [0.29, 0.717) is 18.4 Å². The van der Waals surface area contributed by atoms with Gasteiger partial charge in [-0.1, -0.05) is 32.6 Å². The Morgan fingerprint density at radius 2 is 1.68 bits per heavy atom. The standard InChI is InChI=1S/C17H30O2/c1-2-3-4-5-6-7-16(18)19-14-17-11-8-15(9-12-17)10-13-17/h15H,2-14H2,1H3. The largest absolute Gasteiger partial charge is 0.465 e. The lowest BCUT2D eigenvalue weighted by Gasteiger charge is -2.46. The van der Waals surface area contributed by atoms with Crippen molar-refractivity contribution in [1.29, 1.82) is 0 Å². The SMILES string of the molecule is CCCCCCCC(=O)OCC12CCC(CC1)CC2. The summed E-state index contributed by atoms with van der Waals surface area (Å²) in [7, 11) is 0. The van der Waals surface area contributed by atoms with Gasteiger partial charge in [0.25, 0.3) is 0 Å². The first-order valence-electron chi connectivity index (χ1n) is 8.40. The summed E-state index contributed by atoms with van der Waals surface area (Å²) in [5.74, 6) is 1.02. The van der Waals surface area contributed by atoms with Crippen molar-refractivity contribution in [2.24, 2.45) is 11.3 Å². The molecule has 0 unspecified atom stereocenters. The van der Waals surface area contributed by atoms with Crippen LogP contribution in [0.3, 0.4) is 0 Å². The van der Waals surface area contributed by atoms with E-state index in [9.17, 15) is 4.79 Å². The topological polar surface area (TPSA) is 26.3 Å². The third-order valence-corrected chi connectivity index (χ3v) is 5.27. The molecule has 0 spiro atoms. The first kappa shape index (κ1) is 14.9. The maximum absolute atomic E-state index is 11.8. The van der Waals surface area contributed by atoms with E-state index in [2.05, 4.69) is 6.92 Å². The van der Waals surface area contributed by atoms with E-state index < -0.39 is 0 Å². The first-order chi connectivity index (χ1) is 9.24. The van der Waals surface area contributed by atoms with Gasteiger partial charge < -0.3 is 4.74 Å². The molecule has 0 heterocycles. The molecule has 0 radical (unpaired) electrons. The summed E-state index contributed by atoms with van der Waals surface area (Å²) < 4.78 is 5.57. The van der Waals surface area contributed by atoms with Crippen LogP contribution in [0.5, 0.6) is 0 Å². The second-order valence-corrected chi connectivity index (χ2v) is 6.81. The molecule has 0 atom stereocenters. The summed E-state index contributed by atoms with van der Waals surface area (Å²) in [6.07, 6.45) is 14.6. The predicted molar refractivity (Wildman–Crippen MR) is 78.0 cm³/mol. The van der Waals surface area contributed by atoms with Crippen molar-refractivity contribution in [3.05, 3.63) is 0 Å². The normalized spacial score (nSPS) is 29.4. The average Bonchev–Trinajstić information content (AvgIpc) is 2.47. The lowest BCUT2D eigenvalue weighted by molar-refractivity contribution is -0.150. The molecule has 2 nitrogen and oxygen atoms in total. The maximum atomic E-state index is 11.8. The first-order valence-corrected chi connectivity index (χ1v) is 8.40. The van der Waals surface area contributed by atoms with Gasteiger partial charge in [-0.05, 0) is 50.9 Å². The van der Waals surface area contributed by atoms with E-state index in [1.54, 1.807) is 0 Å². The number of rotatable bonds is 8. The quantitative estimate of drug-likeness (QED) is 0.463. The number of hydrogen-bond acceptors (Lipinski definition) is 2. The van der Waals surface area contributed by atoms with Crippen LogP contribution < -0.4 is 0 Å². The third-order valence-electron chi connectivity index (χ3n) is 5.27. The number of carbonyl (C=O) groups excluding carboxylic acids is 1. The molecule has 0 amide bonds. The second-order valence-electron chi connectivity index (χ2n) is 6.81. The molecular formula is C17H30O2. The molecule has 3 aliphatic rings. The summed E-state index contributed by atoms with van der Waals surface area (Å²) in [6, 6.07) is 0. The molecule has 0 aromatic carbocycles. The van der Waals surface area contributed by atoms with Gasteiger partial charge in [-0.15, -0.1) is 0 Å². The van der Waals surface area contributed by atoms with E-state index in [4.69, 9.17) is 4.74 Å². The predicted octanol–water partition coefficient (Wildman–Crippen LogP) is 4.86. The highest BCUT2D eigenvalue weighted by atomic mass is 16.5. The fourth-order valence-electron chi connectivity index (χ4n) is 3.73. The lowest BCUT2D eigenvalue weighted by Crippen LogP contribution is -2.38.